The second-order valence-electron chi connectivity index (χ2n) is 7.41. The average molecular weight is 359 g/mol. The topological polar surface area (TPSA) is 72.0 Å². The molecule has 0 bridgehead atoms. The molecule has 4 rings (SSSR count). The molecule has 3 fully saturated rings. The van der Waals surface area contributed by atoms with Crippen LogP contribution in [0.15, 0.2) is 18.3 Å². The van der Waals surface area contributed by atoms with E-state index in [9.17, 15) is 9.59 Å². The summed E-state index contributed by atoms with van der Waals surface area (Å²) in [6, 6.07) is 3.72. The number of ether oxygens (including phenoxy) is 2. The predicted molar refractivity (Wildman–Crippen MR) is 94.0 cm³/mol. The molecule has 0 aliphatic carbocycles. The monoisotopic (exact) mass is 359 g/mol. The lowest BCUT2D eigenvalue weighted by atomic mass is 9.89. The summed E-state index contributed by atoms with van der Waals surface area (Å²) in [5, 5.41) is 0. The summed E-state index contributed by atoms with van der Waals surface area (Å²) < 4.78 is 11.4. The van der Waals surface area contributed by atoms with Gasteiger partial charge in [0.1, 0.15) is 5.56 Å². The molecule has 140 valence electrons. The van der Waals surface area contributed by atoms with E-state index in [-0.39, 0.29) is 23.5 Å². The fourth-order valence-corrected chi connectivity index (χ4v) is 4.51. The Morgan fingerprint density at radius 1 is 1.42 bits per heavy atom. The number of pyridine rings is 1. The normalized spacial score (nSPS) is 28.8. The van der Waals surface area contributed by atoms with Gasteiger partial charge in [-0.2, -0.15) is 0 Å². The van der Waals surface area contributed by atoms with E-state index in [2.05, 4.69) is 4.98 Å². The Morgan fingerprint density at radius 2 is 2.31 bits per heavy atom. The predicted octanol–water partition coefficient (Wildman–Crippen LogP) is 1.48. The maximum absolute atomic E-state index is 12.9. The number of rotatable bonds is 3. The van der Waals surface area contributed by atoms with Crippen molar-refractivity contribution in [2.24, 2.45) is 0 Å². The highest BCUT2D eigenvalue weighted by Crippen LogP contribution is 2.37. The first-order valence-electron chi connectivity index (χ1n) is 9.34. The Bertz CT molecular complexity index is 710. The van der Waals surface area contributed by atoms with Crippen LogP contribution in [0.5, 0.6) is 5.88 Å². The summed E-state index contributed by atoms with van der Waals surface area (Å²) in [7, 11) is 1.52. The number of amides is 2. The summed E-state index contributed by atoms with van der Waals surface area (Å²) in [4.78, 5) is 33.0. The van der Waals surface area contributed by atoms with Crippen molar-refractivity contribution in [3.05, 3.63) is 23.9 Å². The first kappa shape index (κ1) is 17.3. The molecule has 2 atom stereocenters. The quantitative estimate of drug-likeness (QED) is 0.817. The lowest BCUT2D eigenvalue weighted by molar-refractivity contribution is -0.137. The van der Waals surface area contributed by atoms with Crippen molar-refractivity contribution in [2.45, 2.75) is 43.7 Å². The van der Waals surface area contributed by atoms with E-state index >= 15 is 0 Å². The van der Waals surface area contributed by atoms with Crippen LogP contribution in [0.2, 0.25) is 0 Å². The molecule has 1 spiro atoms. The van der Waals surface area contributed by atoms with Crippen molar-refractivity contribution in [2.75, 3.05) is 33.4 Å². The van der Waals surface area contributed by atoms with Crippen LogP contribution >= 0.6 is 0 Å². The number of hydrogen-bond acceptors (Lipinski definition) is 5. The van der Waals surface area contributed by atoms with E-state index in [0.29, 0.717) is 37.6 Å². The van der Waals surface area contributed by atoms with E-state index in [4.69, 9.17) is 9.47 Å². The molecule has 3 aliphatic heterocycles. The van der Waals surface area contributed by atoms with Crippen molar-refractivity contribution < 1.29 is 19.1 Å². The Hall–Kier alpha value is -2.15. The molecule has 0 saturated carbocycles. The number of aromatic nitrogens is 1. The summed E-state index contributed by atoms with van der Waals surface area (Å²) in [5.74, 6) is 0.538. The number of hydrogen-bond donors (Lipinski definition) is 0. The Morgan fingerprint density at radius 3 is 3.08 bits per heavy atom. The molecule has 7 nitrogen and oxygen atoms in total. The van der Waals surface area contributed by atoms with Gasteiger partial charge < -0.3 is 19.3 Å². The molecular weight excluding hydrogens is 334 g/mol. The second kappa shape index (κ2) is 6.87. The minimum absolute atomic E-state index is 0.0743. The first-order valence-corrected chi connectivity index (χ1v) is 9.34. The number of carbonyl (C=O) groups excluding carboxylic acids is 2. The van der Waals surface area contributed by atoms with Crippen LogP contribution in [0.3, 0.4) is 0 Å². The van der Waals surface area contributed by atoms with Gasteiger partial charge in [0.2, 0.25) is 11.8 Å². The minimum Gasteiger partial charge on any atom is -0.480 e. The third kappa shape index (κ3) is 3.05. The highest BCUT2D eigenvalue weighted by atomic mass is 16.5. The van der Waals surface area contributed by atoms with Crippen LogP contribution in [0, 0.1) is 0 Å². The molecule has 4 heterocycles. The number of likely N-dealkylation sites (tertiary alicyclic amines) is 2. The molecule has 3 saturated heterocycles. The van der Waals surface area contributed by atoms with Crippen LogP contribution < -0.4 is 4.74 Å². The summed E-state index contributed by atoms with van der Waals surface area (Å²) in [6.07, 6.45) is 5.73. The molecule has 26 heavy (non-hydrogen) atoms. The maximum Gasteiger partial charge on any atom is 0.259 e. The lowest BCUT2D eigenvalue weighted by Gasteiger charge is -2.41. The van der Waals surface area contributed by atoms with Crippen molar-refractivity contribution in [1.82, 2.24) is 14.8 Å². The summed E-state index contributed by atoms with van der Waals surface area (Å²) in [6.45, 7) is 2.71. The van der Waals surface area contributed by atoms with Gasteiger partial charge in [0, 0.05) is 38.4 Å². The highest BCUT2D eigenvalue weighted by Gasteiger charge is 2.47. The third-order valence-corrected chi connectivity index (χ3v) is 5.82. The average Bonchev–Trinajstić information content (AvgIpc) is 3.28. The van der Waals surface area contributed by atoms with Crippen LogP contribution in [-0.2, 0) is 9.53 Å². The van der Waals surface area contributed by atoms with Gasteiger partial charge in [0.15, 0.2) is 0 Å². The molecule has 0 unspecified atom stereocenters. The SMILES string of the molecule is COc1ncccc1C(=O)N1CC[C@@]2(C[C@@H](N3CCCC3=O)CCO2)C1. The largest absolute Gasteiger partial charge is 0.480 e. The molecule has 2 amide bonds. The molecule has 0 aromatic carbocycles. The van der Waals surface area contributed by atoms with Gasteiger partial charge in [-0.1, -0.05) is 0 Å². The number of carbonyl (C=O) groups is 2. The molecule has 7 heteroatoms. The van der Waals surface area contributed by atoms with Crippen LogP contribution in [0.25, 0.3) is 0 Å². The summed E-state index contributed by atoms with van der Waals surface area (Å²) >= 11 is 0. The zero-order chi connectivity index (χ0) is 18.1. The van der Waals surface area contributed by atoms with Gasteiger partial charge >= 0.3 is 0 Å². The third-order valence-electron chi connectivity index (χ3n) is 5.82. The lowest BCUT2D eigenvalue weighted by Crippen LogP contribution is -2.50. The van der Waals surface area contributed by atoms with Crippen molar-refractivity contribution in [3.8, 4) is 5.88 Å². The maximum atomic E-state index is 12.9. The first-order chi connectivity index (χ1) is 12.6. The molecule has 3 aliphatic rings. The second-order valence-corrected chi connectivity index (χ2v) is 7.41. The van der Waals surface area contributed by atoms with Crippen molar-refractivity contribution in [3.63, 3.8) is 0 Å². The molecule has 0 radical (unpaired) electrons. The van der Waals surface area contributed by atoms with Gasteiger partial charge in [-0.15, -0.1) is 0 Å². The summed E-state index contributed by atoms with van der Waals surface area (Å²) in [5.41, 5.74) is 0.144. The van der Waals surface area contributed by atoms with Gasteiger partial charge in [-0.3, -0.25) is 9.59 Å². The van der Waals surface area contributed by atoms with Crippen LogP contribution in [-0.4, -0.2) is 71.6 Å². The van der Waals surface area contributed by atoms with Crippen molar-refractivity contribution in [1.29, 1.82) is 0 Å². The van der Waals surface area contributed by atoms with Gasteiger partial charge in [0.25, 0.3) is 5.91 Å². The molecule has 1 aromatic heterocycles. The van der Waals surface area contributed by atoms with Gasteiger partial charge in [-0.05, 0) is 37.8 Å². The van der Waals surface area contributed by atoms with E-state index in [0.717, 1.165) is 32.2 Å². The fraction of sp³-hybridized carbons (Fsp3) is 0.632. The van der Waals surface area contributed by atoms with Crippen molar-refractivity contribution >= 4 is 11.8 Å². The van der Waals surface area contributed by atoms with Crippen LogP contribution in [0.1, 0.15) is 42.5 Å². The van der Waals surface area contributed by atoms with E-state index in [1.807, 2.05) is 9.80 Å². The molecule has 0 N–H and O–H groups in total. The minimum atomic E-state index is -0.336. The van der Waals surface area contributed by atoms with Gasteiger partial charge in [0.05, 0.1) is 19.3 Å². The standard InChI is InChI=1S/C19H25N3O4/c1-25-17-15(4-2-8-20-17)18(24)21-10-7-19(13-21)12-14(6-11-26-19)22-9-3-5-16(22)23/h2,4,8,14H,3,5-7,9-13H2,1H3/t14-,19+/m0/s1. The van der Waals surface area contributed by atoms with E-state index in [1.165, 1.54) is 7.11 Å². The number of methoxy groups -OCH3 is 1. The Labute approximate surface area is 153 Å². The molecular formula is C19H25N3O4. The zero-order valence-corrected chi connectivity index (χ0v) is 15.1. The zero-order valence-electron chi connectivity index (χ0n) is 15.1. The Kier molecular flexibility index (Phi) is 4.56. The Balaban J connectivity index is 1.47. The van der Waals surface area contributed by atoms with E-state index in [1.54, 1.807) is 18.3 Å². The fourth-order valence-electron chi connectivity index (χ4n) is 4.51. The number of nitrogens with zero attached hydrogens (tertiary/aromatic N) is 3. The highest BCUT2D eigenvalue weighted by molar-refractivity contribution is 5.96. The van der Waals surface area contributed by atoms with E-state index < -0.39 is 0 Å². The van der Waals surface area contributed by atoms with Gasteiger partial charge in [-0.25, -0.2) is 4.98 Å². The smallest absolute Gasteiger partial charge is 0.259 e. The molecule has 1 aromatic rings. The van der Waals surface area contributed by atoms with Crippen LogP contribution in [0.4, 0.5) is 0 Å².